The first-order chi connectivity index (χ1) is 6.65. The molecule has 1 aliphatic rings. The quantitative estimate of drug-likeness (QED) is 0.645. The lowest BCUT2D eigenvalue weighted by atomic mass is 10.1. The van der Waals surface area contributed by atoms with E-state index in [9.17, 15) is 4.79 Å². The van der Waals surface area contributed by atoms with Crippen molar-refractivity contribution < 1.29 is 9.53 Å². The van der Waals surface area contributed by atoms with Gasteiger partial charge >= 0.3 is 5.97 Å². The van der Waals surface area contributed by atoms with Crippen molar-refractivity contribution in [2.24, 2.45) is 0 Å². The first kappa shape index (κ1) is 11.5. The van der Waals surface area contributed by atoms with Crippen molar-refractivity contribution in [1.29, 1.82) is 0 Å². The van der Waals surface area contributed by atoms with E-state index in [1.165, 1.54) is 0 Å². The van der Waals surface area contributed by atoms with Crippen molar-refractivity contribution in [3.8, 4) is 0 Å². The maximum atomic E-state index is 11.2. The molecule has 1 heterocycles. The number of nitrogens with zero attached hydrogens (tertiary/aromatic N) is 1. The topological polar surface area (TPSA) is 41.6 Å². The summed E-state index contributed by atoms with van der Waals surface area (Å²) in [5, 5.41) is 3.22. The number of hydrogen-bond acceptors (Lipinski definition) is 4. The van der Waals surface area contributed by atoms with Crippen molar-refractivity contribution in [2.45, 2.75) is 32.4 Å². The van der Waals surface area contributed by atoms with Gasteiger partial charge in [-0.2, -0.15) is 0 Å². The summed E-state index contributed by atoms with van der Waals surface area (Å²) in [5.41, 5.74) is 0. The van der Waals surface area contributed by atoms with Crippen LogP contribution in [0.1, 0.15) is 20.3 Å². The van der Waals surface area contributed by atoms with Crippen molar-refractivity contribution in [3.05, 3.63) is 0 Å². The lowest BCUT2D eigenvalue weighted by Gasteiger charge is -2.39. The van der Waals surface area contributed by atoms with Gasteiger partial charge in [-0.15, -0.1) is 0 Å². The van der Waals surface area contributed by atoms with Gasteiger partial charge in [0.25, 0.3) is 0 Å². The summed E-state index contributed by atoms with van der Waals surface area (Å²) in [6.45, 7) is 6.44. The van der Waals surface area contributed by atoms with E-state index in [1.807, 2.05) is 6.92 Å². The number of nitrogens with one attached hydrogen (secondary N) is 1. The summed E-state index contributed by atoms with van der Waals surface area (Å²) in [6.07, 6.45) is 0.487. The Hall–Kier alpha value is -0.610. The first-order valence-corrected chi connectivity index (χ1v) is 5.23. The van der Waals surface area contributed by atoms with Gasteiger partial charge in [0.05, 0.1) is 13.0 Å². The van der Waals surface area contributed by atoms with Gasteiger partial charge < -0.3 is 10.1 Å². The van der Waals surface area contributed by atoms with Crippen LogP contribution in [0.15, 0.2) is 0 Å². The Morgan fingerprint density at radius 2 is 2.29 bits per heavy atom. The van der Waals surface area contributed by atoms with Crippen molar-refractivity contribution in [1.82, 2.24) is 10.2 Å². The molecule has 1 aliphatic heterocycles. The van der Waals surface area contributed by atoms with Gasteiger partial charge in [-0.3, -0.25) is 9.69 Å². The molecule has 1 unspecified atom stereocenters. The number of esters is 1. The fourth-order valence-corrected chi connectivity index (χ4v) is 1.53. The minimum absolute atomic E-state index is 0.0980. The molecule has 1 fully saturated rings. The minimum Gasteiger partial charge on any atom is -0.466 e. The highest BCUT2D eigenvalue weighted by Gasteiger charge is 2.26. The van der Waals surface area contributed by atoms with Crippen LogP contribution in [0.5, 0.6) is 0 Å². The molecule has 0 aromatic heterocycles. The zero-order valence-electron chi connectivity index (χ0n) is 9.25. The predicted octanol–water partition coefficient (Wildman–Crippen LogP) is 0.232. The highest BCUT2D eigenvalue weighted by molar-refractivity contribution is 5.70. The van der Waals surface area contributed by atoms with E-state index >= 15 is 0 Å². The summed E-state index contributed by atoms with van der Waals surface area (Å²) in [5.74, 6) is -0.0980. The van der Waals surface area contributed by atoms with E-state index in [1.54, 1.807) is 0 Å². The van der Waals surface area contributed by atoms with E-state index in [4.69, 9.17) is 4.74 Å². The molecular formula is C10H20N2O2. The SMILES string of the molecule is CCOC(=O)CC(C)N(C)C1CNC1. The number of ether oxygens (including phenoxy) is 1. The van der Waals surface area contributed by atoms with Crippen LogP contribution in [0, 0.1) is 0 Å². The number of rotatable bonds is 5. The lowest BCUT2D eigenvalue weighted by Crippen LogP contribution is -2.58. The van der Waals surface area contributed by atoms with Crippen molar-refractivity contribution in [2.75, 3.05) is 26.7 Å². The molecule has 0 saturated carbocycles. The van der Waals surface area contributed by atoms with Crippen LogP contribution in [0.3, 0.4) is 0 Å². The fourth-order valence-electron chi connectivity index (χ4n) is 1.53. The molecular weight excluding hydrogens is 180 g/mol. The Kier molecular flexibility index (Phi) is 4.35. The molecule has 82 valence electrons. The van der Waals surface area contributed by atoms with E-state index < -0.39 is 0 Å². The van der Waals surface area contributed by atoms with Gasteiger partial charge in [-0.1, -0.05) is 0 Å². The van der Waals surface area contributed by atoms with Gasteiger partial charge in [0.1, 0.15) is 0 Å². The second-order valence-electron chi connectivity index (χ2n) is 3.84. The average molecular weight is 200 g/mol. The molecule has 0 aromatic rings. The van der Waals surface area contributed by atoms with Crippen molar-refractivity contribution in [3.63, 3.8) is 0 Å². The van der Waals surface area contributed by atoms with Gasteiger partial charge in [-0.05, 0) is 20.9 Å². The van der Waals surface area contributed by atoms with Crippen LogP contribution in [0.25, 0.3) is 0 Å². The van der Waals surface area contributed by atoms with Crippen LogP contribution in [0.2, 0.25) is 0 Å². The molecule has 14 heavy (non-hydrogen) atoms. The number of carbonyl (C=O) groups excluding carboxylic acids is 1. The predicted molar refractivity (Wildman–Crippen MR) is 55.1 cm³/mol. The normalized spacial score (nSPS) is 19.1. The van der Waals surface area contributed by atoms with E-state index in [2.05, 4.69) is 24.2 Å². The van der Waals surface area contributed by atoms with Crippen LogP contribution in [0.4, 0.5) is 0 Å². The number of carbonyl (C=O) groups is 1. The van der Waals surface area contributed by atoms with Crippen molar-refractivity contribution >= 4 is 5.97 Å². The number of likely N-dealkylation sites (N-methyl/N-ethyl adjacent to an activating group) is 1. The summed E-state index contributed by atoms with van der Waals surface area (Å²) in [4.78, 5) is 13.5. The molecule has 0 spiro atoms. The lowest BCUT2D eigenvalue weighted by molar-refractivity contribution is -0.144. The molecule has 4 heteroatoms. The second kappa shape index (κ2) is 5.32. The molecule has 4 nitrogen and oxygen atoms in total. The maximum absolute atomic E-state index is 11.2. The molecule has 1 saturated heterocycles. The molecule has 0 aliphatic carbocycles. The Balaban J connectivity index is 2.25. The van der Waals surface area contributed by atoms with Crippen LogP contribution < -0.4 is 5.32 Å². The third kappa shape index (κ3) is 2.96. The van der Waals surface area contributed by atoms with Gasteiger partial charge in [0, 0.05) is 25.2 Å². The third-order valence-electron chi connectivity index (χ3n) is 2.80. The standard InChI is InChI=1S/C10H20N2O2/c1-4-14-10(13)5-8(2)12(3)9-6-11-7-9/h8-9,11H,4-7H2,1-3H3. The molecule has 1 N–H and O–H groups in total. The summed E-state index contributed by atoms with van der Waals surface area (Å²) < 4.78 is 4.91. The second-order valence-corrected chi connectivity index (χ2v) is 3.84. The molecule has 0 bridgehead atoms. The highest BCUT2D eigenvalue weighted by atomic mass is 16.5. The van der Waals surface area contributed by atoms with Gasteiger partial charge in [0.2, 0.25) is 0 Å². The smallest absolute Gasteiger partial charge is 0.307 e. The van der Waals surface area contributed by atoms with E-state index in [-0.39, 0.29) is 12.0 Å². The van der Waals surface area contributed by atoms with Gasteiger partial charge in [0.15, 0.2) is 0 Å². The van der Waals surface area contributed by atoms with Crippen LogP contribution in [-0.2, 0) is 9.53 Å². The zero-order valence-corrected chi connectivity index (χ0v) is 9.25. The third-order valence-corrected chi connectivity index (χ3v) is 2.80. The van der Waals surface area contributed by atoms with E-state index in [0.29, 0.717) is 19.1 Å². The largest absolute Gasteiger partial charge is 0.466 e. The summed E-state index contributed by atoms with van der Waals surface area (Å²) >= 11 is 0. The average Bonchev–Trinajstić information content (AvgIpc) is 2.01. The Morgan fingerprint density at radius 3 is 2.71 bits per heavy atom. The molecule has 0 radical (unpaired) electrons. The van der Waals surface area contributed by atoms with Gasteiger partial charge in [-0.25, -0.2) is 0 Å². The molecule has 0 aromatic carbocycles. The summed E-state index contributed by atoms with van der Waals surface area (Å²) in [6, 6.07) is 0.848. The molecule has 0 amide bonds. The Bertz CT molecular complexity index is 193. The zero-order chi connectivity index (χ0) is 10.6. The monoisotopic (exact) mass is 200 g/mol. The Labute approximate surface area is 85.6 Å². The molecule has 1 rings (SSSR count). The number of hydrogen-bond donors (Lipinski definition) is 1. The first-order valence-electron chi connectivity index (χ1n) is 5.23. The van der Waals surface area contributed by atoms with E-state index in [0.717, 1.165) is 13.1 Å². The highest BCUT2D eigenvalue weighted by Crippen LogP contribution is 2.10. The fraction of sp³-hybridized carbons (Fsp3) is 0.900. The molecule has 1 atom stereocenters. The summed E-state index contributed by atoms with van der Waals surface area (Å²) in [7, 11) is 2.06. The van der Waals surface area contributed by atoms with Crippen LogP contribution in [-0.4, -0.2) is 49.7 Å². The minimum atomic E-state index is -0.0980. The van der Waals surface area contributed by atoms with Crippen LogP contribution >= 0.6 is 0 Å². The Morgan fingerprint density at radius 1 is 1.64 bits per heavy atom. The maximum Gasteiger partial charge on any atom is 0.307 e.